The zero-order valence-electron chi connectivity index (χ0n) is 23.5. The first-order valence-corrected chi connectivity index (χ1v) is 14.8. The molecule has 1 unspecified atom stereocenters. The van der Waals surface area contributed by atoms with Crippen LogP contribution in [-0.2, 0) is 37.4 Å². The van der Waals surface area contributed by atoms with Crippen molar-refractivity contribution in [3.05, 3.63) is 59.7 Å². The molecule has 1 fully saturated rings. The molecule has 1 heterocycles. The van der Waals surface area contributed by atoms with Gasteiger partial charge in [0.15, 0.2) is 0 Å². The van der Waals surface area contributed by atoms with Crippen LogP contribution in [0.5, 0.6) is 5.75 Å². The molecule has 2 aromatic carbocycles. The Balaban J connectivity index is 2.01. The van der Waals surface area contributed by atoms with Gasteiger partial charge in [0.2, 0.25) is 21.8 Å². The number of amides is 2. The van der Waals surface area contributed by atoms with E-state index in [1.54, 1.807) is 13.8 Å². The van der Waals surface area contributed by atoms with E-state index in [-0.39, 0.29) is 67.8 Å². The zero-order valence-corrected chi connectivity index (χ0v) is 24.3. The molecule has 2 aromatic rings. The molecule has 3 rings (SSSR count). The minimum absolute atomic E-state index is 0.0133. The molecule has 0 spiro atoms. The van der Waals surface area contributed by atoms with Gasteiger partial charge in [0.1, 0.15) is 11.8 Å². The number of halogens is 3. The summed E-state index contributed by atoms with van der Waals surface area (Å²) in [4.78, 5) is 39.7. The van der Waals surface area contributed by atoms with Gasteiger partial charge in [-0.15, -0.1) is 13.2 Å². The fourth-order valence-corrected chi connectivity index (χ4v) is 6.34. The van der Waals surface area contributed by atoms with Gasteiger partial charge in [-0.05, 0) is 56.0 Å². The second kappa shape index (κ2) is 13.6. The molecule has 1 aliphatic rings. The molecular formula is C28H34F3N3O7S. The molecule has 1 saturated heterocycles. The number of ether oxygens (including phenoxy) is 1. The first kappa shape index (κ1) is 32.9. The molecule has 0 bridgehead atoms. The highest BCUT2D eigenvalue weighted by Gasteiger charge is 2.43. The highest BCUT2D eigenvalue weighted by molar-refractivity contribution is 7.89. The monoisotopic (exact) mass is 613 g/mol. The maximum atomic E-state index is 14.0. The van der Waals surface area contributed by atoms with Crippen molar-refractivity contribution in [1.29, 1.82) is 0 Å². The Hall–Kier alpha value is -3.65. The molecule has 230 valence electrons. The number of carbonyl (C=O) groups excluding carboxylic acids is 2. The van der Waals surface area contributed by atoms with Crippen molar-refractivity contribution in [3.8, 4) is 5.75 Å². The molecule has 10 nitrogen and oxygen atoms in total. The van der Waals surface area contributed by atoms with Crippen LogP contribution in [0.25, 0.3) is 0 Å². The van der Waals surface area contributed by atoms with Gasteiger partial charge in [0, 0.05) is 45.6 Å². The van der Waals surface area contributed by atoms with E-state index in [2.05, 4.69) is 4.74 Å². The number of hydrogen-bond donors (Lipinski definition) is 1. The Morgan fingerprint density at radius 2 is 1.76 bits per heavy atom. The number of hydrogen-bond acceptors (Lipinski definition) is 6. The lowest BCUT2D eigenvalue weighted by atomic mass is 10.1. The van der Waals surface area contributed by atoms with Crippen molar-refractivity contribution < 1.29 is 45.8 Å². The van der Waals surface area contributed by atoms with E-state index in [1.165, 1.54) is 16.7 Å². The highest BCUT2D eigenvalue weighted by atomic mass is 32.2. The van der Waals surface area contributed by atoms with Crippen LogP contribution >= 0.6 is 0 Å². The highest BCUT2D eigenvalue weighted by Crippen LogP contribution is 2.32. The summed E-state index contributed by atoms with van der Waals surface area (Å²) in [7, 11) is -4.47. The minimum atomic E-state index is -5.05. The fraction of sp³-hybridized carbons (Fsp3) is 0.464. The van der Waals surface area contributed by atoms with E-state index in [0.717, 1.165) is 28.1 Å². The second-order valence-electron chi connectivity index (χ2n) is 10.2. The number of carboxylic acid groups (broad SMARTS) is 1. The third kappa shape index (κ3) is 8.44. The Morgan fingerprint density at radius 3 is 2.33 bits per heavy atom. The maximum Gasteiger partial charge on any atom is 0.573 e. The minimum Gasteiger partial charge on any atom is -0.481 e. The summed E-state index contributed by atoms with van der Waals surface area (Å²) in [5, 5.41) is 8.94. The zero-order chi connectivity index (χ0) is 31.2. The van der Waals surface area contributed by atoms with E-state index in [0.29, 0.717) is 0 Å². The number of carboxylic acids is 1. The van der Waals surface area contributed by atoms with Crippen LogP contribution in [0.2, 0.25) is 0 Å². The van der Waals surface area contributed by atoms with Crippen LogP contribution in [0.4, 0.5) is 13.2 Å². The van der Waals surface area contributed by atoms with Gasteiger partial charge in [-0.25, -0.2) is 8.42 Å². The largest absolute Gasteiger partial charge is 0.573 e. The number of carbonyl (C=O) groups is 3. The number of aliphatic carboxylic acids is 1. The second-order valence-corrected chi connectivity index (χ2v) is 12.1. The number of piperazine rings is 1. The number of alkyl halides is 3. The van der Waals surface area contributed by atoms with Crippen LogP contribution < -0.4 is 4.74 Å². The number of nitrogens with zero attached hydrogens (tertiary/aromatic N) is 3. The molecule has 42 heavy (non-hydrogen) atoms. The molecule has 1 N–H and O–H groups in total. The Kier molecular flexibility index (Phi) is 10.6. The van der Waals surface area contributed by atoms with E-state index < -0.39 is 40.1 Å². The summed E-state index contributed by atoms with van der Waals surface area (Å²) in [6.07, 6.45) is -5.66. The van der Waals surface area contributed by atoms with Gasteiger partial charge < -0.3 is 19.6 Å². The van der Waals surface area contributed by atoms with Gasteiger partial charge >= 0.3 is 12.3 Å². The van der Waals surface area contributed by atoms with Crippen molar-refractivity contribution in [3.63, 3.8) is 0 Å². The van der Waals surface area contributed by atoms with E-state index in [9.17, 15) is 36.0 Å². The lowest BCUT2D eigenvalue weighted by Crippen LogP contribution is -2.62. The smallest absolute Gasteiger partial charge is 0.481 e. The molecule has 0 aliphatic carbocycles. The third-order valence-electron chi connectivity index (χ3n) is 6.86. The predicted octanol–water partition coefficient (Wildman–Crippen LogP) is 3.65. The Morgan fingerprint density at radius 1 is 1.10 bits per heavy atom. The molecule has 2 amide bonds. The van der Waals surface area contributed by atoms with Gasteiger partial charge in [0.05, 0.1) is 4.90 Å². The average molecular weight is 614 g/mol. The Bertz CT molecular complexity index is 1380. The SMILES string of the molecule is CC(=O)N1CCN(S(=O)(=O)c2ccc(OC(F)(F)F)c(CCCC(=O)O)c2)C(C(=O)N(Cc2ccccc2)C(C)C)C1. The first-order valence-electron chi connectivity index (χ1n) is 13.3. The van der Waals surface area contributed by atoms with Gasteiger partial charge in [-0.3, -0.25) is 14.4 Å². The van der Waals surface area contributed by atoms with Crippen molar-refractivity contribution in [2.75, 3.05) is 19.6 Å². The molecular weight excluding hydrogens is 579 g/mol. The summed E-state index contributed by atoms with van der Waals surface area (Å²) < 4.78 is 72.0. The molecule has 14 heteroatoms. The lowest BCUT2D eigenvalue weighted by Gasteiger charge is -2.42. The summed E-state index contributed by atoms with van der Waals surface area (Å²) >= 11 is 0. The summed E-state index contributed by atoms with van der Waals surface area (Å²) in [5.74, 6) is -2.66. The Labute approximate surface area is 242 Å². The third-order valence-corrected chi connectivity index (χ3v) is 8.77. The molecule has 0 radical (unpaired) electrons. The quantitative estimate of drug-likeness (QED) is 0.410. The summed E-state index contributed by atoms with van der Waals surface area (Å²) in [6, 6.07) is 10.3. The van der Waals surface area contributed by atoms with Crippen molar-refractivity contribution in [2.45, 2.75) is 69.9 Å². The van der Waals surface area contributed by atoms with Gasteiger partial charge in [-0.1, -0.05) is 30.3 Å². The normalized spacial score (nSPS) is 16.4. The van der Waals surface area contributed by atoms with Crippen molar-refractivity contribution >= 4 is 27.8 Å². The van der Waals surface area contributed by atoms with Gasteiger partial charge in [-0.2, -0.15) is 4.31 Å². The molecule has 1 aliphatic heterocycles. The molecule has 0 saturated carbocycles. The molecule has 0 aromatic heterocycles. The summed E-state index contributed by atoms with van der Waals surface area (Å²) in [6.45, 7) is 4.68. The van der Waals surface area contributed by atoms with Crippen molar-refractivity contribution in [1.82, 2.24) is 14.1 Å². The number of benzene rings is 2. The van der Waals surface area contributed by atoms with E-state index in [4.69, 9.17) is 5.11 Å². The lowest BCUT2D eigenvalue weighted by molar-refractivity contribution is -0.274. The van der Waals surface area contributed by atoms with Crippen LogP contribution in [0.3, 0.4) is 0 Å². The summed E-state index contributed by atoms with van der Waals surface area (Å²) in [5.41, 5.74) is 0.673. The number of rotatable bonds is 11. The topological polar surface area (TPSA) is 125 Å². The van der Waals surface area contributed by atoms with E-state index in [1.807, 2.05) is 30.3 Å². The van der Waals surface area contributed by atoms with Crippen LogP contribution in [0, 0.1) is 0 Å². The van der Waals surface area contributed by atoms with Crippen molar-refractivity contribution in [2.24, 2.45) is 0 Å². The number of aryl methyl sites for hydroxylation is 1. The molecule has 1 atom stereocenters. The van der Waals surface area contributed by atoms with E-state index >= 15 is 0 Å². The first-order chi connectivity index (χ1) is 19.6. The van der Waals surface area contributed by atoms with Crippen LogP contribution in [0.15, 0.2) is 53.4 Å². The van der Waals surface area contributed by atoms with Crippen LogP contribution in [0.1, 0.15) is 44.7 Å². The predicted molar refractivity (Wildman–Crippen MR) is 146 cm³/mol. The van der Waals surface area contributed by atoms with Gasteiger partial charge in [0.25, 0.3) is 0 Å². The maximum absolute atomic E-state index is 14.0. The fourth-order valence-electron chi connectivity index (χ4n) is 4.73. The van der Waals surface area contributed by atoms with Crippen LogP contribution in [-0.4, -0.2) is 83.5 Å². The average Bonchev–Trinajstić information content (AvgIpc) is 2.91. The standard InChI is InChI=1S/C28H34F3N3O7S/c1-19(2)33(17-21-8-5-4-6-9-21)27(38)24-18-32(20(3)35)14-15-34(24)42(39,40)23-12-13-25(41-28(29,30)31)22(16-23)10-7-11-26(36)37/h4-6,8-9,12-13,16,19,24H,7,10-11,14-15,17-18H2,1-3H3,(H,36,37). The number of sulfonamides is 1.